The van der Waals surface area contributed by atoms with Crippen LogP contribution in [0.1, 0.15) is 0 Å². The third-order valence-electron chi connectivity index (χ3n) is 2.25. The number of rotatable bonds is 0. The number of nitrogen functional groups attached to an aromatic ring is 1. The molecular weight excluding hydrogens is 246 g/mol. The molecule has 0 aliphatic rings. The molecule has 0 spiro atoms. The molecule has 0 bridgehead atoms. The molecule has 2 heterocycles. The third-order valence-corrected chi connectivity index (χ3v) is 3.41. The maximum atomic E-state index is 11.6. The highest BCUT2D eigenvalue weighted by Gasteiger charge is 2.09. The molecular formula is C10H8ClN3OS. The van der Waals surface area contributed by atoms with Crippen molar-refractivity contribution in [1.29, 1.82) is 0 Å². The summed E-state index contributed by atoms with van der Waals surface area (Å²) in [5, 5.41) is 0.982. The summed E-state index contributed by atoms with van der Waals surface area (Å²) in [6, 6.07) is 7.78. The van der Waals surface area contributed by atoms with E-state index in [4.69, 9.17) is 5.73 Å². The Morgan fingerprint density at radius 1 is 1.31 bits per heavy atom. The molecule has 82 valence electrons. The maximum Gasteiger partial charge on any atom is 0.270 e. The van der Waals surface area contributed by atoms with Crippen molar-refractivity contribution in [2.45, 2.75) is 0 Å². The minimum absolute atomic E-state index is 0. The first-order valence-electron chi connectivity index (χ1n) is 4.43. The van der Waals surface area contributed by atoms with E-state index >= 15 is 0 Å². The number of nitrogens with two attached hydrogens (primary N) is 1. The molecule has 3 aromatic rings. The largest absolute Gasteiger partial charge is 0.369 e. The number of hydrogen-bond acceptors (Lipinski definition) is 4. The molecule has 0 saturated carbocycles. The Hall–Kier alpha value is -1.59. The number of fused-ring (bicyclic) bond motifs is 3. The van der Waals surface area contributed by atoms with E-state index in [0.717, 1.165) is 10.1 Å². The number of benzene rings is 1. The highest BCUT2D eigenvalue weighted by Crippen LogP contribution is 2.29. The summed E-state index contributed by atoms with van der Waals surface area (Å²) in [4.78, 5) is 18.3. The number of aromatic amines is 1. The molecule has 0 atom stereocenters. The van der Waals surface area contributed by atoms with Gasteiger partial charge in [-0.2, -0.15) is 0 Å². The number of nitrogens with zero attached hydrogens (tertiary/aromatic N) is 1. The van der Waals surface area contributed by atoms with Crippen LogP contribution in [0, 0.1) is 0 Å². The van der Waals surface area contributed by atoms with Gasteiger partial charge in [-0.05, 0) is 6.07 Å². The molecule has 0 amide bonds. The normalized spacial score (nSPS) is 10.5. The lowest BCUT2D eigenvalue weighted by Gasteiger charge is -1.92. The van der Waals surface area contributed by atoms with Crippen molar-refractivity contribution >= 4 is 50.0 Å². The van der Waals surface area contributed by atoms with E-state index in [-0.39, 0.29) is 23.9 Å². The quantitative estimate of drug-likeness (QED) is 0.645. The molecule has 0 aliphatic heterocycles. The van der Waals surface area contributed by atoms with Crippen LogP contribution in [0.15, 0.2) is 29.1 Å². The molecule has 0 aliphatic carbocycles. The highest BCUT2D eigenvalue weighted by atomic mass is 35.5. The maximum absolute atomic E-state index is 11.6. The molecule has 0 saturated heterocycles. The van der Waals surface area contributed by atoms with E-state index in [0.29, 0.717) is 10.2 Å². The van der Waals surface area contributed by atoms with Crippen LogP contribution in [0.2, 0.25) is 0 Å². The van der Waals surface area contributed by atoms with Crippen LogP contribution in [0.5, 0.6) is 0 Å². The summed E-state index contributed by atoms with van der Waals surface area (Å²) in [6.07, 6.45) is 0. The second-order valence-electron chi connectivity index (χ2n) is 3.23. The van der Waals surface area contributed by atoms with Gasteiger partial charge in [0.05, 0.1) is 5.52 Å². The van der Waals surface area contributed by atoms with Gasteiger partial charge in [0, 0.05) is 10.1 Å². The lowest BCUT2D eigenvalue weighted by Crippen LogP contribution is -2.09. The van der Waals surface area contributed by atoms with Gasteiger partial charge in [-0.1, -0.05) is 18.2 Å². The molecule has 0 fully saturated rings. The van der Waals surface area contributed by atoms with Crippen LogP contribution in [0.4, 0.5) is 5.95 Å². The Morgan fingerprint density at radius 3 is 2.88 bits per heavy atom. The van der Waals surface area contributed by atoms with Crippen molar-refractivity contribution in [1.82, 2.24) is 9.97 Å². The average Bonchev–Trinajstić information content (AvgIpc) is 2.57. The fourth-order valence-corrected chi connectivity index (χ4v) is 2.66. The van der Waals surface area contributed by atoms with Crippen LogP contribution in [-0.4, -0.2) is 9.97 Å². The zero-order chi connectivity index (χ0) is 10.4. The lowest BCUT2D eigenvalue weighted by atomic mass is 10.2. The number of halogens is 1. The SMILES string of the molecule is Cl.Nc1nc2c(sc3ccccc32)c(=O)[nH]1. The van der Waals surface area contributed by atoms with Gasteiger partial charge in [-0.15, -0.1) is 23.7 Å². The van der Waals surface area contributed by atoms with Crippen LogP contribution < -0.4 is 11.3 Å². The second-order valence-corrected chi connectivity index (χ2v) is 4.28. The van der Waals surface area contributed by atoms with Crippen molar-refractivity contribution in [3.63, 3.8) is 0 Å². The molecule has 16 heavy (non-hydrogen) atoms. The molecule has 4 nitrogen and oxygen atoms in total. The van der Waals surface area contributed by atoms with Gasteiger partial charge in [-0.25, -0.2) is 4.98 Å². The Morgan fingerprint density at radius 2 is 2.06 bits per heavy atom. The van der Waals surface area contributed by atoms with E-state index in [9.17, 15) is 4.79 Å². The second kappa shape index (κ2) is 3.77. The third kappa shape index (κ3) is 1.45. The monoisotopic (exact) mass is 253 g/mol. The molecule has 0 radical (unpaired) electrons. The van der Waals surface area contributed by atoms with Gasteiger partial charge in [0.25, 0.3) is 5.56 Å². The van der Waals surface area contributed by atoms with Gasteiger partial charge in [0.2, 0.25) is 5.95 Å². The number of hydrogen-bond donors (Lipinski definition) is 2. The molecule has 3 rings (SSSR count). The molecule has 6 heteroatoms. The molecule has 1 aromatic carbocycles. The summed E-state index contributed by atoms with van der Waals surface area (Å²) in [6.45, 7) is 0. The van der Waals surface area contributed by atoms with Crippen molar-refractivity contribution in [3.05, 3.63) is 34.6 Å². The van der Waals surface area contributed by atoms with Crippen molar-refractivity contribution in [2.75, 3.05) is 5.73 Å². The van der Waals surface area contributed by atoms with Gasteiger partial charge in [-0.3, -0.25) is 9.78 Å². The highest BCUT2D eigenvalue weighted by molar-refractivity contribution is 7.25. The lowest BCUT2D eigenvalue weighted by molar-refractivity contribution is 1.20. The fourth-order valence-electron chi connectivity index (χ4n) is 1.62. The first kappa shape index (κ1) is 10.9. The Kier molecular flexibility index (Phi) is 2.57. The number of thiophene rings is 1. The van der Waals surface area contributed by atoms with Crippen molar-refractivity contribution in [3.8, 4) is 0 Å². The standard InChI is InChI=1S/C10H7N3OS.ClH/c11-10-12-7-5-3-1-2-4-6(5)15-8(7)9(14)13-10;/h1-4H,(H3,11,12,13,14);1H. The summed E-state index contributed by atoms with van der Waals surface area (Å²) < 4.78 is 1.68. The molecule has 3 N–H and O–H groups in total. The van der Waals surface area contributed by atoms with Crippen molar-refractivity contribution < 1.29 is 0 Å². The van der Waals surface area contributed by atoms with Gasteiger partial charge < -0.3 is 5.73 Å². The minimum Gasteiger partial charge on any atom is -0.369 e. The molecule has 0 unspecified atom stereocenters. The summed E-state index contributed by atoms with van der Waals surface area (Å²) in [5.41, 5.74) is 6.04. The number of H-pyrrole nitrogens is 1. The minimum atomic E-state index is -0.168. The predicted molar refractivity (Wildman–Crippen MR) is 69.4 cm³/mol. The van der Waals surface area contributed by atoms with E-state index < -0.39 is 0 Å². The Bertz CT molecular complexity index is 719. The Labute approximate surface area is 101 Å². The van der Waals surface area contributed by atoms with E-state index in [1.54, 1.807) is 0 Å². The number of nitrogens with one attached hydrogen (secondary N) is 1. The van der Waals surface area contributed by atoms with Crippen molar-refractivity contribution in [2.24, 2.45) is 0 Å². The number of aromatic nitrogens is 2. The van der Waals surface area contributed by atoms with Gasteiger partial charge >= 0.3 is 0 Å². The predicted octanol–water partition coefficient (Wildman–Crippen LogP) is 2.14. The van der Waals surface area contributed by atoms with E-state index in [2.05, 4.69) is 9.97 Å². The zero-order valence-corrected chi connectivity index (χ0v) is 9.69. The number of anilines is 1. The smallest absolute Gasteiger partial charge is 0.270 e. The van der Waals surface area contributed by atoms with Crippen LogP contribution in [0.3, 0.4) is 0 Å². The topological polar surface area (TPSA) is 71.8 Å². The van der Waals surface area contributed by atoms with Crippen LogP contribution >= 0.6 is 23.7 Å². The Balaban J connectivity index is 0.000000963. The first-order chi connectivity index (χ1) is 7.25. The van der Waals surface area contributed by atoms with Gasteiger partial charge in [0.15, 0.2) is 0 Å². The molecule has 2 aromatic heterocycles. The average molecular weight is 254 g/mol. The van der Waals surface area contributed by atoms with E-state index in [1.165, 1.54) is 11.3 Å². The van der Waals surface area contributed by atoms with Crippen LogP contribution in [0.25, 0.3) is 20.3 Å². The van der Waals surface area contributed by atoms with Crippen LogP contribution in [-0.2, 0) is 0 Å². The summed E-state index contributed by atoms with van der Waals surface area (Å²) in [7, 11) is 0. The summed E-state index contributed by atoms with van der Waals surface area (Å²) >= 11 is 1.44. The van der Waals surface area contributed by atoms with Gasteiger partial charge in [0.1, 0.15) is 4.70 Å². The first-order valence-corrected chi connectivity index (χ1v) is 5.24. The fraction of sp³-hybridized carbons (Fsp3) is 0. The summed E-state index contributed by atoms with van der Waals surface area (Å²) in [5.74, 6) is 0.163. The van der Waals surface area contributed by atoms with E-state index in [1.807, 2.05) is 24.3 Å². The zero-order valence-electron chi connectivity index (χ0n) is 8.06.